The number of amides is 1. The Labute approximate surface area is 129 Å². The van der Waals surface area contributed by atoms with E-state index in [2.05, 4.69) is 10.4 Å². The normalized spacial score (nSPS) is 13.0. The minimum atomic E-state index is -1.16. The summed E-state index contributed by atoms with van der Waals surface area (Å²) in [5, 5.41) is 15.1. The molecule has 1 aliphatic carbocycles. The summed E-state index contributed by atoms with van der Waals surface area (Å²) < 4.78 is 27.9. The maximum atomic E-state index is 13.4. The van der Waals surface area contributed by atoms with Crippen molar-refractivity contribution in [1.82, 2.24) is 15.1 Å². The third-order valence-corrected chi connectivity index (χ3v) is 3.69. The lowest BCUT2D eigenvalue weighted by Gasteiger charge is -2.06. The van der Waals surface area contributed by atoms with Gasteiger partial charge in [-0.2, -0.15) is 5.10 Å². The predicted molar refractivity (Wildman–Crippen MR) is 75.5 cm³/mol. The van der Waals surface area contributed by atoms with Gasteiger partial charge in [-0.15, -0.1) is 0 Å². The first-order valence-corrected chi connectivity index (χ1v) is 7.03. The molecule has 1 amide bonds. The van der Waals surface area contributed by atoms with E-state index in [0.717, 1.165) is 29.8 Å². The lowest BCUT2D eigenvalue weighted by atomic mass is 10.2. The van der Waals surface area contributed by atoms with Gasteiger partial charge in [0, 0.05) is 17.3 Å². The predicted octanol–water partition coefficient (Wildman–Crippen LogP) is 1.45. The van der Waals surface area contributed by atoms with Gasteiger partial charge in [-0.3, -0.25) is 9.59 Å². The number of benzene rings is 1. The Morgan fingerprint density at radius 3 is 2.74 bits per heavy atom. The average molecular weight is 321 g/mol. The van der Waals surface area contributed by atoms with Crippen molar-refractivity contribution in [3.8, 4) is 5.69 Å². The minimum absolute atomic E-state index is 0.128. The zero-order chi connectivity index (χ0) is 16.6. The third-order valence-electron chi connectivity index (χ3n) is 3.69. The molecule has 1 aliphatic rings. The van der Waals surface area contributed by atoms with Crippen molar-refractivity contribution in [1.29, 1.82) is 0 Å². The lowest BCUT2D eigenvalue weighted by Crippen LogP contribution is -2.30. The van der Waals surface area contributed by atoms with E-state index in [4.69, 9.17) is 5.11 Å². The van der Waals surface area contributed by atoms with Gasteiger partial charge in [0.05, 0.1) is 5.69 Å². The van der Waals surface area contributed by atoms with Crippen LogP contribution in [0.3, 0.4) is 0 Å². The summed E-state index contributed by atoms with van der Waals surface area (Å²) in [6.45, 7) is -0.508. The largest absolute Gasteiger partial charge is 0.480 e. The number of rotatable bonds is 4. The van der Waals surface area contributed by atoms with Crippen LogP contribution >= 0.6 is 0 Å². The van der Waals surface area contributed by atoms with Crippen LogP contribution in [0.25, 0.3) is 5.69 Å². The van der Waals surface area contributed by atoms with Crippen LogP contribution in [0.5, 0.6) is 0 Å². The summed E-state index contributed by atoms with van der Waals surface area (Å²) in [5.41, 5.74) is 1.93. The second-order valence-corrected chi connectivity index (χ2v) is 5.21. The Hall–Kier alpha value is -2.77. The van der Waals surface area contributed by atoms with Crippen molar-refractivity contribution in [3.63, 3.8) is 0 Å². The number of nitrogens with one attached hydrogen (secondary N) is 1. The topological polar surface area (TPSA) is 84.2 Å². The van der Waals surface area contributed by atoms with Gasteiger partial charge in [-0.25, -0.2) is 13.5 Å². The van der Waals surface area contributed by atoms with Gasteiger partial charge in [0.2, 0.25) is 0 Å². The van der Waals surface area contributed by atoms with E-state index < -0.39 is 30.1 Å². The Kier molecular flexibility index (Phi) is 3.81. The maximum Gasteiger partial charge on any atom is 0.322 e. The molecule has 1 aromatic carbocycles. The molecule has 1 aromatic heterocycles. The maximum absolute atomic E-state index is 13.4. The highest BCUT2D eigenvalue weighted by molar-refractivity contribution is 5.95. The number of hydrogen-bond acceptors (Lipinski definition) is 3. The van der Waals surface area contributed by atoms with Crippen LogP contribution < -0.4 is 5.32 Å². The van der Waals surface area contributed by atoms with E-state index >= 15 is 0 Å². The van der Waals surface area contributed by atoms with Gasteiger partial charge < -0.3 is 10.4 Å². The number of carboxylic acid groups (broad SMARTS) is 1. The average Bonchev–Trinajstić information content (AvgIpc) is 3.09. The van der Waals surface area contributed by atoms with Crippen LogP contribution in [0, 0.1) is 11.6 Å². The molecule has 0 saturated carbocycles. The van der Waals surface area contributed by atoms with E-state index in [-0.39, 0.29) is 5.69 Å². The highest BCUT2D eigenvalue weighted by Gasteiger charge is 2.27. The first-order chi connectivity index (χ1) is 11.0. The van der Waals surface area contributed by atoms with Gasteiger partial charge in [0.15, 0.2) is 17.3 Å². The molecule has 8 heteroatoms. The first kappa shape index (κ1) is 15.1. The summed E-state index contributed by atoms with van der Waals surface area (Å²) in [6, 6.07) is 3.39. The molecule has 0 bridgehead atoms. The number of carbonyl (C=O) groups is 2. The molecule has 23 heavy (non-hydrogen) atoms. The molecule has 120 valence electrons. The minimum Gasteiger partial charge on any atom is -0.480 e. The summed E-state index contributed by atoms with van der Waals surface area (Å²) in [4.78, 5) is 22.6. The molecule has 0 unspecified atom stereocenters. The molecular formula is C15H13F2N3O3. The highest BCUT2D eigenvalue weighted by atomic mass is 19.2. The van der Waals surface area contributed by atoms with Crippen LogP contribution in [-0.4, -0.2) is 33.3 Å². The summed E-state index contributed by atoms with van der Waals surface area (Å²) >= 11 is 0. The van der Waals surface area contributed by atoms with E-state index in [1.807, 2.05) is 0 Å². The zero-order valence-corrected chi connectivity index (χ0v) is 12.0. The smallest absolute Gasteiger partial charge is 0.322 e. The molecule has 0 fully saturated rings. The van der Waals surface area contributed by atoms with Gasteiger partial charge in [-0.05, 0) is 31.4 Å². The number of fused-ring (bicyclic) bond motifs is 1. The van der Waals surface area contributed by atoms with Crippen LogP contribution in [0.2, 0.25) is 0 Å². The molecule has 0 aliphatic heterocycles. The van der Waals surface area contributed by atoms with E-state index in [1.54, 1.807) is 0 Å². The molecule has 0 spiro atoms. The van der Waals surface area contributed by atoms with Gasteiger partial charge in [0.1, 0.15) is 6.54 Å². The molecule has 6 nitrogen and oxygen atoms in total. The third kappa shape index (κ3) is 2.79. The van der Waals surface area contributed by atoms with E-state index in [1.165, 1.54) is 10.7 Å². The van der Waals surface area contributed by atoms with Crippen molar-refractivity contribution in [3.05, 3.63) is 46.8 Å². The Morgan fingerprint density at radius 1 is 1.26 bits per heavy atom. The lowest BCUT2D eigenvalue weighted by molar-refractivity contribution is -0.135. The number of halogens is 2. The SMILES string of the molecule is O=C(O)CNC(=O)c1nn(-c2ccc(F)c(F)c2)c2c1CCC2. The van der Waals surface area contributed by atoms with E-state index in [0.29, 0.717) is 18.5 Å². The van der Waals surface area contributed by atoms with Crippen LogP contribution in [0.1, 0.15) is 28.2 Å². The van der Waals surface area contributed by atoms with Crippen molar-refractivity contribution < 1.29 is 23.5 Å². The van der Waals surface area contributed by atoms with Crippen LogP contribution in [-0.2, 0) is 17.6 Å². The fraction of sp³-hybridized carbons (Fsp3) is 0.267. The highest BCUT2D eigenvalue weighted by Crippen LogP contribution is 2.28. The Balaban J connectivity index is 1.99. The van der Waals surface area contributed by atoms with Crippen molar-refractivity contribution in [2.45, 2.75) is 19.3 Å². The molecule has 0 atom stereocenters. The molecule has 2 aromatic rings. The standard InChI is InChI=1S/C15H13F2N3O3/c16-10-5-4-8(6-11(10)17)20-12-3-1-2-9(12)14(19-20)15(23)18-7-13(21)22/h4-6H,1-3,7H2,(H,18,23)(H,21,22). The Morgan fingerprint density at radius 2 is 2.04 bits per heavy atom. The van der Waals surface area contributed by atoms with Crippen molar-refractivity contribution in [2.75, 3.05) is 6.54 Å². The quantitative estimate of drug-likeness (QED) is 0.893. The molecule has 2 N–H and O–H groups in total. The van der Waals surface area contributed by atoms with Crippen LogP contribution in [0.15, 0.2) is 18.2 Å². The fourth-order valence-corrected chi connectivity index (χ4v) is 2.69. The first-order valence-electron chi connectivity index (χ1n) is 7.03. The molecular weight excluding hydrogens is 308 g/mol. The zero-order valence-electron chi connectivity index (χ0n) is 12.0. The van der Waals surface area contributed by atoms with Crippen LogP contribution in [0.4, 0.5) is 8.78 Å². The fourth-order valence-electron chi connectivity index (χ4n) is 2.69. The molecule has 1 heterocycles. The van der Waals surface area contributed by atoms with Gasteiger partial charge >= 0.3 is 5.97 Å². The number of hydrogen-bond donors (Lipinski definition) is 2. The van der Waals surface area contributed by atoms with Gasteiger partial charge in [0.25, 0.3) is 5.91 Å². The van der Waals surface area contributed by atoms with Crippen molar-refractivity contribution in [2.24, 2.45) is 0 Å². The van der Waals surface area contributed by atoms with Gasteiger partial charge in [-0.1, -0.05) is 0 Å². The molecule has 0 saturated heterocycles. The Bertz CT molecular complexity index is 802. The second kappa shape index (κ2) is 5.79. The van der Waals surface area contributed by atoms with E-state index in [9.17, 15) is 18.4 Å². The number of carbonyl (C=O) groups excluding carboxylic acids is 1. The number of nitrogens with zero attached hydrogens (tertiary/aromatic N) is 2. The molecule has 3 rings (SSSR count). The number of aromatic nitrogens is 2. The van der Waals surface area contributed by atoms with Crippen molar-refractivity contribution >= 4 is 11.9 Å². The summed E-state index contributed by atoms with van der Waals surface area (Å²) in [6.07, 6.45) is 2.11. The number of carboxylic acids is 1. The number of aliphatic carboxylic acids is 1. The molecule has 0 radical (unpaired) electrons. The summed E-state index contributed by atoms with van der Waals surface area (Å²) in [7, 11) is 0. The second-order valence-electron chi connectivity index (χ2n) is 5.21. The monoisotopic (exact) mass is 321 g/mol. The summed E-state index contributed by atoms with van der Waals surface area (Å²) in [5.74, 6) is -3.71.